The van der Waals surface area contributed by atoms with E-state index in [0.717, 1.165) is 45.1 Å². The van der Waals surface area contributed by atoms with Gasteiger partial charge >= 0.3 is 0 Å². The summed E-state index contributed by atoms with van der Waals surface area (Å²) >= 11 is 0. The monoisotopic (exact) mass is 424 g/mol. The number of fused-ring (bicyclic) bond motifs is 1. The summed E-state index contributed by atoms with van der Waals surface area (Å²) in [6.07, 6.45) is 6.17. The molecule has 2 aliphatic rings. The molecule has 0 bridgehead atoms. The van der Waals surface area contributed by atoms with Crippen LogP contribution in [0.1, 0.15) is 56.9 Å². The molecule has 0 spiro atoms. The molecule has 0 amide bonds. The Morgan fingerprint density at radius 2 is 1.37 bits per heavy atom. The van der Waals surface area contributed by atoms with Gasteiger partial charge in [-0.2, -0.15) is 0 Å². The first kappa shape index (κ1) is 21.3. The van der Waals surface area contributed by atoms with Crippen LogP contribution in [-0.2, 0) is 4.74 Å². The van der Waals surface area contributed by atoms with E-state index in [1.807, 2.05) is 6.92 Å². The van der Waals surface area contributed by atoms with Crippen LogP contribution in [0.4, 0.5) is 22.0 Å². The summed E-state index contributed by atoms with van der Waals surface area (Å²) in [5.74, 6) is -5.24. The van der Waals surface area contributed by atoms with E-state index in [4.69, 9.17) is 4.74 Å². The minimum Gasteiger partial charge on any atom is -0.378 e. The van der Waals surface area contributed by atoms with Gasteiger partial charge in [-0.3, -0.25) is 0 Å². The van der Waals surface area contributed by atoms with Gasteiger partial charge in [0.05, 0.1) is 11.7 Å². The molecule has 1 nitrogen and oxygen atoms in total. The van der Waals surface area contributed by atoms with Crippen molar-refractivity contribution < 1.29 is 26.7 Å². The fourth-order valence-electron chi connectivity index (χ4n) is 5.34. The molecular formula is C24H25F5O. The number of hydrogen-bond acceptors (Lipinski definition) is 1. The molecule has 4 atom stereocenters. The number of halogens is 5. The molecule has 2 aliphatic carbocycles. The van der Waals surface area contributed by atoms with Gasteiger partial charge in [-0.05, 0) is 98.6 Å². The highest BCUT2D eigenvalue weighted by atomic mass is 19.2. The second-order valence-corrected chi connectivity index (χ2v) is 8.53. The minimum atomic E-state index is -1.66. The Labute approximate surface area is 173 Å². The third-order valence-electron chi connectivity index (χ3n) is 6.78. The second-order valence-electron chi connectivity index (χ2n) is 8.53. The zero-order chi connectivity index (χ0) is 21.4. The van der Waals surface area contributed by atoms with Gasteiger partial charge in [0.25, 0.3) is 0 Å². The van der Waals surface area contributed by atoms with E-state index in [0.29, 0.717) is 35.6 Å². The smallest absolute Gasteiger partial charge is 0.194 e. The predicted molar refractivity (Wildman–Crippen MR) is 105 cm³/mol. The molecule has 6 heteroatoms. The van der Waals surface area contributed by atoms with E-state index in [1.165, 1.54) is 12.1 Å². The molecule has 4 unspecified atom stereocenters. The molecule has 2 fully saturated rings. The molecular weight excluding hydrogens is 399 g/mol. The molecule has 0 aliphatic heterocycles. The first-order valence-electron chi connectivity index (χ1n) is 10.6. The molecule has 30 heavy (non-hydrogen) atoms. The lowest BCUT2D eigenvalue weighted by atomic mass is 9.65. The first-order chi connectivity index (χ1) is 14.4. The minimum absolute atomic E-state index is 0.0506. The van der Waals surface area contributed by atoms with Crippen LogP contribution >= 0.6 is 0 Å². The molecule has 162 valence electrons. The number of benzene rings is 2. The quantitative estimate of drug-likeness (QED) is 0.374. The van der Waals surface area contributed by atoms with E-state index in [1.54, 1.807) is 0 Å². The van der Waals surface area contributed by atoms with E-state index in [-0.39, 0.29) is 11.5 Å². The Morgan fingerprint density at radius 1 is 0.767 bits per heavy atom. The molecule has 0 heterocycles. The van der Waals surface area contributed by atoms with Gasteiger partial charge in [0.2, 0.25) is 0 Å². The Kier molecular flexibility index (Phi) is 6.14. The summed E-state index contributed by atoms with van der Waals surface area (Å²) in [7, 11) is 0. The normalized spacial score (nSPS) is 26.5. The summed E-state index contributed by atoms with van der Waals surface area (Å²) in [5.41, 5.74) is -0.324. The highest BCUT2D eigenvalue weighted by Gasteiger charge is 2.36. The van der Waals surface area contributed by atoms with Crippen molar-refractivity contribution in [2.75, 3.05) is 6.61 Å². The lowest BCUT2D eigenvalue weighted by Crippen LogP contribution is -2.33. The van der Waals surface area contributed by atoms with Crippen LogP contribution in [-0.4, -0.2) is 12.7 Å². The van der Waals surface area contributed by atoms with Crippen LogP contribution in [0.5, 0.6) is 0 Å². The third kappa shape index (κ3) is 4.11. The van der Waals surface area contributed by atoms with Crippen molar-refractivity contribution in [1.82, 2.24) is 0 Å². The zero-order valence-corrected chi connectivity index (χ0v) is 16.9. The SMILES string of the molecule is CCOC1CCC2CC(c3cc(F)c(-c4cc(F)c(F)c(F)c4)c(F)c3)CCC2C1. The highest BCUT2D eigenvalue weighted by molar-refractivity contribution is 5.65. The van der Waals surface area contributed by atoms with Crippen LogP contribution in [0.3, 0.4) is 0 Å². The van der Waals surface area contributed by atoms with Crippen molar-refractivity contribution in [3.8, 4) is 11.1 Å². The Morgan fingerprint density at radius 3 is 2.00 bits per heavy atom. The maximum Gasteiger partial charge on any atom is 0.194 e. The number of ether oxygens (including phenoxy) is 1. The third-order valence-corrected chi connectivity index (χ3v) is 6.78. The maximum atomic E-state index is 14.8. The number of rotatable bonds is 4. The largest absolute Gasteiger partial charge is 0.378 e. The Bertz CT molecular complexity index is 882. The molecule has 2 aromatic rings. The first-order valence-corrected chi connectivity index (χ1v) is 10.6. The fourth-order valence-corrected chi connectivity index (χ4v) is 5.34. The van der Waals surface area contributed by atoms with E-state index >= 15 is 0 Å². The van der Waals surface area contributed by atoms with Gasteiger partial charge in [-0.25, -0.2) is 22.0 Å². The molecule has 0 N–H and O–H groups in total. The van der Waals surface area contributed by atoms with E-state index in [9.17, 15) is 22.0 Å². The van der Waals surface area contributed by atoms with Gasteiger partial charge in [0, 0.05) is 6.61 Å². The highest BCUT2D eigenvalue weighted by Crippen LogP contribution is 2.47. The van der Waals surface area contributed by atoms with Crippen LogP contribution in [0.25, 0.3) is 11.1 Å². The van der Waals surface area contributed by atoms with Gasteiger partial charge in [0.15, 0.2) is 17.5 Å². The van der Waals surface area contributed by atoms with Crippen molar-refractivity contribution in [2.24, 2.45) is 11.8 Å². The van der Waals surface area contributed by atoms with Gasteiger partial charge in [-0.15, -0.1) is 0 Å². The Balaban J connectivity index is 1.55. The van der Waals surface area contributed by atoms with Crippen LogP contribution in [0.2, 0.25) is 0 Å². The van der Waals surface area contributed by atoms with Crippen molar-refractivity contribution in [3.05, 3.63) is 58.9 Å². The summed E-state index contributed by atoms with van der Waals surface area (Å²) < 4.78 is 75.6. The predicted octanol–water partition coefficient (Wildman–Crippen LogP) is 7.14. The molecule has 2 aromatic carbocycles. The molecule has 0 radical (unpaired) electrons. The van der Waals surface area contributed by atoms with E-state index in [2.05, 4.69) is 0 Å². The summed E-state index contributed by atoms with van der Waals surface area (Å²) in [4.78, 5) is 0. The standard InChI is InChI=1S/C24H25F5O/c1-2-30-18-6-5-13-7-14(3-4-15(13)8-18)16-9-19(25)23(20(26)10-16)17-11-21(27)24(29)22(28)12-17/h9-15,18H,2-8H2,1H3. The lowest BCUT2D eigenvalue weighted by molar-refractivity contribution is -0.00957. The molecule has 2 saturated carbocycles. The summed E-state index contributed by atoms with van der Waals surface area (Å²) in [5, 5.41) is 0. The van der Waals surface area contributed by atoms with Crippen LogP contribution in [0, 0.1) is 40.9 Å². The van der Waals surface area contributed by atoms with Gasteiger partial charge in [-0.1, -0.05) is 0 Å². The van der Waals surface area contributed by atoms with Gasteiger partial charge < -0.3 is 4.74 Å². The fraction of sp³-hybridized carbons (Fsp3) is 0.500. The van der Waals surface area contributed by atoms with Crippen molar-refractivity contribution in [3.63, 3.8) is 0 Å². The van der Waals surface area contributed by atoms with Crippen molar-refractivity contribution >= 4 is 0 Å². The van der Waals surface area contributed by atoms with Crippen molar-refractivity contribution in [2.45, 2.75) is 57.5 Å². The summed E-state index contributed by atoms with van der Waals surface area (Å²) in [6.45, 7) is 2.72. The maximum absolute atomic E-state index is 14.8. The lowest BCUT2D eigenvalue weighted by Gasteiger charge is -2.42. The van der Waals surface area contributed by atoms with Crippen LogP contribution < -0.4 is 0 Å². The zero-order valence-electron chi connectivity index (χ0n) is 16.9. The average Bonchev–Trinajstić information content (AvgIpc) is 2.71. The van der Waals surface area contributed by atoms with Gasteiger partial charge in [0.1, 0.15) is 11.6 Å². The van der Waals surface area contributed by atoms with Crippen LogP contribution in [0.15, 0.2) is 24.3 Å². The average molecular weight is 424 g/mol. The second kappa shape index (κ2) is 8.66. The molecule has 4 rings (SSSR count). The van der Waals surface area contributed by atoms with Crippen molar-refractivity contribution in [1.29, 1.82) is 0 Å². The number of hydrogen-bond donors (Lipinski definition) is 0. The Hall–Kier alpha value is -1.95. The summed E-state index contributed by atoms with van der Waals surface area (Å²) in [6, 6.07) is 3.74. The topological polar surface area (TPSA) is 9.23 Å². The molecule has 0 aromatic heterocycles. The molecule has 0 saturated heterocycles. The van der Waals surface area contributed by atoms with E-state index < -0.39 is 34.6 Å².